The molecule has 1 fully saturated rings. The number of fused-ring (bicyclic) bond motifs is 1. The Morgan fingerprint density at radius 3 is 2.55 bits per heavy atom. The lowest BCUT2D eigenvalue weighted by Crippen LogP contribution is -2.50. The number of para-hydroxylation sites is 1. The predicted octanol–water partition coefficient (Wildman–Crippen LogP) is 3.63. The molecule has 0 atom stereocenters. The fraction of sp³-hybridized carbons (Fsp3) is 0.375. The van der Waals surface area contributed by atoms with Crippen LogP contribution in [-0.2, 0) is 16.0 Å². The van der Waals surface area contributed by atoms with E-state index in [2.05, 4.69) is 5.32 Å². The SMILES string of the molecule is CCOC(=O)c1cc(CC)sc1NC(=O)CN1CCN(C(=O)c2cc3ccccc3o2)CC1. The van der Waals surface area contributed by atoms with Gasteiger partial charge >= 0.3 is 5.97 Å². The van der Waals surface area contributed by atoms with Crippen molar-refractivity contribution in [1.82, 2.24) is 9.80 Å². The highest BCUT2D eigenvalue weighted by atomic mass is 32.1. The number of ether oxygens (including phenoxy) is 1. The quantitative estimate of drug-likeness (QED) is 0.532. The van der Waals surface area contributed by atoms with Crippen molar-refractivity contribution in [2.24, 2.45) is 0 Å². The van der Waals surface area contributed by atoms with Gasteiger partial charge in [-0.1, -0.05) is 25.1 Å². The minimum atomic E-state index is -0.429. The minimum absolute atomic E-state index is 0.139. The lowest BCUT2D eigenvalue weighted by molar-refractivity contribution is -0.117. The molecule has 0 radical (unpaired) electrons. The van der Waals surface area contributed by atoms with E-state index < -0.39 is 5.97 Å². The van der Waals surface area contributed by atoms with E-state index in [9.17, 15) is 14.4 Å². The molecule has 33 heavy (non-hydrogen) atoms. The van der Waals surface area contributed by atoms with Crippen LogP contribution in [0.15, 0.2) is 40.8 Å². The molecule has 9 heteroatoms. The maximum absolute atomic E-state index is 12.8. The summed E-state index contributed by atoms with van der Waals surface area (Å²) in [6.07, 6.45) is 0.772. The third-order valence-electron chi connectivity index (χ3n) is 5.54. The van der Waals surface area contributed by atoms with Gasteiger partial charge in [0, 0.05) is 36.4 Å². The summed E-state index contributed by atoms with van der Waals surface area (Å²) in [6.45, 7) is 6.39. The van der Waals surface area contributed by atoms with E-state index in [0.29, 0.717) is 48.1 Å². The van der Waals surface area contributed by atoms with Crippen LogP contribution in [0.5, 0.6) is 0 Å². The van der Waals surface area contributed by atoms with Gasteiger partial charge in [-0.3, -0.25) is 14.5 Å². The van der Waals surface area contributed by atoms with Gasteiger partial charge in [-0.2, -0.15) is 0 Å². The molecule has 1 aliphatic rings. The summed E-state index contributed by atoms with van der Waals surface area (Å²) in [5, 5.41) is 4.29. The Labute approximate surface area is 196 Å². The number of hydrogen-bond acceptors (Lipinski definition) is 7. The lowest BCUT2D eigenvalue weighted by atomic mass is 10.2. The van der Waals surface area contributed by atoms with Gasteiger partial charge in [0.05, 0.1) is 18.7 Å². The molecule has 2 aromatic heterocycles. The number of carbonyl (C=O) groups is 3. The number of aryl methyl sites for hydroxylation is 1. The number of carbonyl (C=O) groups excluding carboxylic acids is 3. The average Bonchev–Trinajstić information content (AvgIpc) is 3.43. The molecule has 1 aromatic carbocycles. The van der Waals surface area contributed by atoms with Crippen LogP contribution in [0.3, 0.4) is 0 Å². The van der Waals surface area contributed by atoms with Crippen molar-refractivity contribution in [3.63, 3.8) is 0 Å². The minimum Gasteiger partial charge on any atom is -0.462 e. The van der Waals surface area contributed by atoms with Crippen molar-refractivity contribution in [2.75, 3.05) is 44.6 Å². The van der Waals surface area contributed by atoms with E-state index in [4.69, 9.17) is 9.15 Å². The fourth-order valence-electron chi connectivity index (χ4n) is 3.79. The zero-order valence-corrected chi connectivity index (χ0v) is 19.6. The number of amides is 2. The molecule has 174 valence electrons. The summed E-state index contributed by atoms with van der Waals surface area (Å²) >= 11 is 1.39. The van der Waals surface area contributed by atoms with E-state index in [0.717, 1.165) is 16.7 Å². The van der Waals surface area contributed by atoms with Gasteiger partial charge in [-0.25, -0.2) is 4.79 Å². The first-order valence-corrected chi connectivity index (χ1v) is 11.9. The number of benzene rings is 1. The summed E-state index contributed by atoms with van der Waals surface area (Å²) in [7, 11) is 0. The van der Waals surface area contributed by atoms with Gasteiger partial charge in [0.2, 0.25) is 5.91 Å². The van der Waals surface area contributed by atoms with E-state index in [1.54, 1.807) is 24.0 Å². The normalized spacial score (nSPS) is 14.4. The van der Waals surface area contributed by atoms with Crippen LogP contribution in [0.4, 0.5) is 5.00 Å². The molecule has 0 saturated carbocycles. The molecular weight excluding hydrogens is 442 g/mol. The first kappa shape index (κ1) is 23.0. The summed E-state index contributed by atoms with van der Waals surface area (Å²) in [5.74, 6) is -0.429. The van der Waals surface area contributed by atoms with Crippen molar-refractivity contribution in [1.29, 1.82) is 0 Å². The second kappa shape index (κ2) is 10.2. The van der Waals surface area contributed by atoms with E-state index in [-0.39, 0.29) is 25.0 Å². The number of nitrogens with one attached hydrogen (secondary N) is 1. The fourth-order valence-corrected chi connectivity index (χ4v) is 4.79. The Kier molecular flexibility index (Phi) is 7.10. The highest BCUT2D eigenvalue weighted by molar-refractivity contribution is 7.16. The van der Waals surface area contributed by atoms with Crippen LogP contribution in [-0.4, -0.2) is 66.9 Å². The number of esters is 1. The van der Waals surface area contributed by atoms with E-state index >= 15 is 0 Å². The summed E-state index contributed by atoms with van der Waals surface area (Å²) in [4.78, 5) is 42.4. The smallest absolute Gasteiger partial charge is 0.341 e. The molecule has 1 aliphatic heterocycles. The van der Waals surface area contributed by atoms with E-state index in [1.165, 1.54) is 11.3 Å². The maximum Gasteiger partial charge on any atom is 0.341 e. The number of piperazine rings is 1. The molecule has 0 unspecified atom stereocenters. The molecule has 0 spiro atoms. The second-order valence-electron chi connectivity index (χ2n) is 7.79. The number of thiophene rings is 1. The third kappa shape index (κ3) is 5.26. The van der Waals surface area contributed by atoms with Gasteiger partial charge in [-0.05, 0) is 31.5 Å². The zero-order valence-electron chi connectivity index (χ0n) is 18.8. The molecule has 0 aliphatic carbocycles. The Bertz CT molecular complexity index is 1130. The number of rotatable bonds is 7. The number of anilines is 1. The molecule has 8 nitrogen and oxygen atoms in total. The van der Waals surface area contributed by atoms with Crippen LogP contribution in [0.2, 0.25) is 0 Å². The molecular formula is C24H27N3O5S. The van der Waals surface area contributed by atoms with Gasteiger partial charge in [-0.15, -0.1) is 11.3 Å². The summed E-state index contributed by atoms with van der Waals surface area (Å²) in [6, 6.07) is 11.1. The van der Waals surface area contributed by atoms with Crippen LogP contribution >= 0.6 is 11.3 Å². The monoisotopic (exact) mass is 469 g/mol. The van der Waals surface area contributed by atoms with Crippen molar-refractivity contribution >= 4 is 45.1 Å². The Balaban J connectivity index is 1.32. The average molecular weight is 470 g/mol. The lowest BCUT2D eigenvalue weighted by Gasteiger charge is -2.33. The molecule has 2 amide bonds. The molecule has 0 bridgehead atoms. The summed E-state index contributed by atoms with van der Waals surface area (Å²) < 4.78 is 10.8. The van der Waals surface area contributed by atoms with Crippen molar-refractivity contribution in [3.8, 4) is 0 Å². The van der Waals surface area contributed by atoms with Crippen molar-refractivity contribution in [2.45, 2.75) is 20.3 Å². The highest BCUT2D eigenvalue weighted by Gasteiger charge is 2.26. The number of nitrogens with zero attached hydrogens (tertiary/aromatic N) is 2. The molecule has 1 saturated heterocycles. The Morgan fingerprint density at radius 2 is 1.85 bits per heavy atom. The molecule has 4 rings (SSSR count). The van der Waals surface area contributed by atoms with Gasteiger partial charge in [0.15, 0.2) is 5.76 Å². The molecule has 3 aromatic rings. The largest absolute Gasteiger partial charge is 0.462 e. The zero-order chi connectivity index (χ0) is 23.4. The number of hydrogen-bond donors (Lipinski definition) is 1. The molecule has 3 heterocycles. The van der Waals surface area contributed by atoms with Crippen LogP contribution in [0, 0.1) is 0 Å². The van der Waals surface area contributed by atoms with E-state index in [1.807, 2.05) is 36.1 Å². The summed E-state index contributed by atoms with van der Waals surface area (Å²) in [5.41, 5.74) is 1.09. The third-order valence-corrected chi connectivity index (χ3v) is 6.74. The second-order valence-corrected chi connectivity index (χ2v) is 8.93. The highest BCUT2D eigenvalue weighted by Crippen LogP contribution is 2.29. The van der Waals surface area contributed by atoms with Gasteiger partial charge in [0.1, 0.15) is 10.6 Å². The van der Waals surface area contributed by atoms with Crippen LogP contribution in [0.25, 0.3) is 11.0 Å². The van der Waals surface area contributed by atoms with Gasteiger partial charge in [0.25, 0.3) is 5.91 Å². The van der Waals surface area contributed by atoms with Crippen molar-refractivity contribution < 1.29 is 23.5 Å². The first-order valence-electron chi connectivity index (χ1n) is 11.1. The standard InChI is InChI=1S/C24H27N3O5S/c1-3-17-14-18(24(30)31-4-2)22(33-17)25-21(28)15-26-9-11-27(12-10-26)23(29)20-13-16-7-5-6-8-19(16)32-20/h5-8,13-14H,3-4,9-12,15H2,1-2H3,(H,25,28). The van der Waals surface area contributed by atoms with Crippen LogP contribution in [0.1, 0.15) is 39.6 Å². The Hall–Kier alpha value is -3.17. The maximum atomic E-state index is 12.8. The molecule has 1 N–H and O–H groups in total. The topological polar surface area (TPSA) is 92.1 Å². The predicted molar refractivity (Wildman–Crippen MR) is 127 cm³/mol. The van der Waals surface area contributed by atoms with Crippen LogP contribution < -0.4 is 5.32 Å². The number of furan rings is 1. The Morgan fingerprint density at radius 1 is 1.09 bits per heavy atom. The van der Waals surface area contributed by atoms with Gasteiger partial charge < -0.3 is 19.4 Å². The first-order chi connectivity index (χ1) is 16.0. The van der Waals surface area contributed by atoms with Crippen molar-refractivity contribution in [3.05, 3.63) is 52.6 Å².